The van der Waals surface area contributed by atoms with Crippen LogP contribution in [-0.2, 0) is 16.1 Å². The van der Waals surface area contributed by atoms with Crippen molar-refractivity contribution in [1.29, 1.82) is 0 Å². The first-order chi connectivity index (χ1) is 11.1. The standard InChI is InChI=1S/C15H17N5O3/c16-13-12-14(18-5-17-13)20(6-19-12)4-10(21)11-8-2-1-7(8)3-9(11)15(22)23/h5-9,11H,1-4H2,(H,22,23)(H2,16,17,18)/t7-,8-,9-,11?/m1/s1. The summed E-state index contributed by atoms with van der Waals surface area (Å²) in [6.45, 7) is 0.0740. The first kappa shape index (κ1) is 14.1. The van der Waals surface area contributed by atoms with Gasteiger partial charge in [0.2, 0.25) is 0 Å². The number of aromatic nitrogens is 4. The highest BCUT2D eigenvalue weighted by atomic mass is 16.4. The summed E-state index contributed by atoms with van der Waals surface area (Å²) in [7, 11) is 0. The van der Waals surface area contributed by atoms with Crippen molar-refractivity contribution in [3.8, 4) is 0 Å². The van der Waals surface area contributed by atoms with Gasteiger partial charge in [0.25, 0.3) is 0 Å². The fourth-order valence-electron chi connectivity index (χ4n) is 4.14. The zero-order valence-electron chi connectivity index (χ0n) is 12.4. The van der Waals surface area contributed by atoms with Crippen molar-refractivity contribution in [3.63, 3.8) is 0 Å². The SMILES string of the molecule is Nc1ncnc2c1ncn2CC(=O)C1[C@H](C(=O)O)C[C@H]2CC[C@@H]12. The topological polar surface area (TPSA) is 124 Å². The Kier molecular flexibility index (Phi) is 3.07. The van der Waals surface area contributed by atoms with Crippen LogP contribution in [0, 0.1) is 23.7 Å². The lowest BCUT2D eigenvalue weighted by atomic mass is 9.71. The summed E-state index contributed by atoms with van der Waals surface area (Å²) in [5, 5.41) is 9.42. The molecule has 4 rings (SSSR count). The van der Waals surface area contributed by atoms with E-state index in [0.717, 1.165) is 12.8 Å². The second-order valence-electron chi connectivity index (χ2n) is 6.48. The average Bonchev–Trinajstić information content (AvgIpc) is 3.00. The monoisotopic (exact) mass is 315 g/mol. The first-order valence-corrected chi connectivity index (χ1v) is 7.73. The number of nitrogens with zero attached hydrogens (tertiary/aromatic N) is 4. The van der Waals surface area contributed by atoms with E-state index in [2.05, 4.69) is 15.0 Å². The van der Waals surface area contributed by atoms with Gasteiger partial charge >= 0.3 is 5.97 Å². The molecule has 2 aromatic rings. The van der Waals surface area contributed by atoms with E-state index in [4.69, 9.17) is 5.73 Å². The third kappa shape index (κ3) is 2.08. The maximum Gasteiger partial charge on any atom is 0.307 e. The number of ketones is 1. The van der Waals surface area contributed by atoms with Gasteiger partial charge < -0.3 is 15.4 Å². The Hall–Kier alpha value is -2.51. The molecule has 23 heavy (non-hydrogen) atoms. The number of anilines is 1. The van der Waals surface area contributed by atoms with Crippen molar-refractivity contribution >= 4 is 28.7 Å². The van der Waals surface area contributed by atoms with Gasteiger partial charge in [0.05, 0.1) is 18.8 Å². The lowest BCUT2D eigenvalue weighted by molar-refractivity contribution is -0.146. The van der Waals surface area contributed by atoms with Crippen LogP contribution >= 0.6 is 0 Å². The number of Topliss-reactive ketones (excluding diaryl/α,β-unsaturated/α-hetero) is 1. The molecule has 1 unspecified atom stereocenters. The molecule has 4 atom stereocenters. The van der Waals surface area contributed by atoms with Crippen molar-refractivity contribution in [2.45, 2.75) is 25.8 Å². The van der Waals surface area contributed by atoms with Crippen LogP contribution in [0.1, 0.15) is 19.3 Å². The minimum Gasteiger partial charge on any atom is -0.481 e. The van der Waals surface area contributed by atoms with Gasteiger partial charge in [0, 0.05) is 5.92 Å². The lowest BCUT2D eigenvalue weighted by Crippen LogP contribution is -2.35. The molecule has 2 aliphatic carbocycles. The molecule has 2 aromatic heterocycles. The van der Waals surface area contributed by atoms with E-state index >= 15 is 0 Å². The molecule has 2 aliphatic rings. The maximum absolute atomic E-state index is 12.8. The van der Waals surface area contributed by atoms with E-state index in [1.807, 2.05) is 0 Å². The number of carboxylic acids is 1. The van der Waals surface area contributed by atoms with Crippen LogP contribution in [0.2, 0.25) is 0 Å². The molecule has 0 radical (unpaired) electrons. The van der Waals surface area contributed by atoms with Gasteiger partial charge in [0.1, 0.15) is 11.8 Å². The van der Waals surface area contributed by atoms with Gasteiger partial charge in [-0.1, -0.05) is 0 Å². The zero-order chi connectivity index (χ0) is 16.1. The Morgan fingerprint density at radius 1 is 1.30 bits per heavy atom. The smallest absolute Gasteiger partial charge is 0.307 e. The van der Waals surface area contributed by atoms with Crippen molar-refractivity contribution < 1.29 is 14.7 Å². The summed E-state index contributed by atoms with van der Waals surface area (Å²) >= 11 is 0. The zero-order valence-corrected chi connectivity index (χ0v) is 12.4. The quantitative estimate of drug-likeness (QED) is 0.852. The number of hydrogen-bond acceptors (Lipinski definition) is 6. The second-order valence-corrected chi connectivity index (χ2v) is 6.48. The van der Waals surface area contributed by atoms with E-state index in [9.17, 15) is 14.7 Å². The third-order valence-electron chi connectivity index (χ3n) is 5.37. The fourth-order valence-corrected chi connectivity index (χ4v) is 4.14. The molecule has 0 amide bonds. The Morgan fingerprint density at radius 2 is 2.13 bits per heavy atom. The number of carboxylic acid groups (broad SMARTS) is 1. The number of imidazole rings is 1. The van der Waals surface area contributed by atoms with Gasteiger partial charge in [-0.25, -0.2) is 15.0 Å². The summed E-state index contributed by atoms with van der Waals surface area (Å²) in [4.78, 5) is 36.4. The molecule has 0 saturated heterocycles. The van der Waals surface area contributed by atoms with Gasteiger partial charge in [-0.3, -0.25) is 9.59 Å². The second kappa shape index (κ2) is 5.00. The summed E-state index contributed by atoms with van der Waals surface area (Å²) in [5.41, 5.74) is 6.71. The molecule has 0 aliphatic heterocycles. The number of aliphatic carboxylic acids is 1. The van der Waals surface area contributed by atoms with Crippen LogP contribution in [0.3, 0.4) is 0 Å². The summed E-state index contributed by atoms with van der Waals surface area (Å²) in [6.07, 6.45) is 5.45. The van der Waals surface area contributed by atoms with Crippen molar-refractivity contribution in [2.24, 2.45) is 23.7 Å². The van der Waals surface area contributed by atoms with E-state index in [-0.39, 0.29) is 24.1 Å². The summed E-state index contributed by atoms with van der Waals surface area (Å²) in [6, 6.07) is 0. The molecule has 8 nitrogen and oxygen atoms in total. The Morgan fingerprint density at radius 3 is 2.83 bits per heavy atom. The van der Waals surface area contributed by atoms with Crippen LogP contribution in [0.5, 0.6) is 0 Å². The number of hydrogen-bond donors (Lipinski definition) is 2. The molecular weight excluding hydrogens is 298 g/mol. The molecule has 120 valence electrons. The maximum atomic E-state index is 12.8. The average molecular weight is 315 g/mol. The molecule has 0 spiro atoms. The van der Waals surface area contributed by atoms with E-state index < -0.39 is 17.8 Å². The number of fused-ring (bicyclic) bond motifs is 2. The minimum atomic E-state index is -0.861. The van der Waals surface area contributed by atoms with Crippen LogP contribution < -0.4 is 5.73 Å². The van der Waals surface area contributed by atoms with Gasteiger partial charge in [-0.2, -0.15) is 0 Å². The van der Waals surface area contributed by atoms with Gasteiger partial charge in [0.15, 0.2) is 17.2 Å². The van der Waals surface area contributed by atoms with Crippen molar-refractivity contribution in [1.82, 2.24) is 19.5 Å². The highest BCUT2D eigenvalue weighted by molar-refractivity contribution is 5.89. The summed E-state index contributed by atoms with van der Waals surface area (Å²) < 4.78 is 1.63. The Bertz CT molecular complexity index is 802. The number of nitrogens with two attached hydrogens (primary N) is 1. The highest BCUT2D eigenvalue weighted by Crippen LogP contribution is 2.53. The normalized spacial score (nSPS) is 29.2. The Labute approximate surface area is 131 Å². The minimum absolute atomic E-state index is 0.0546. The molecule has 2 saturated carbocycles. The number of carbonyl (C=O) groups is 2. The van der Waals surface area contributed by atoms with Gasteiger partial charge in [-0.15, -0.1) is 0 Å². The van der Waals surface area contributed by atoms with Crippen LogP contribution in [0.4, 0.5) is 5.82 Å². The number of carbonyl (C=O) groups excluding carboxylic acids is 1. The summed E-state index contributed by atoms with van der Waals surface area (Å²) in [5.74, 6) is -0.997. The van der Waals surface area contributed by atoms with Gasteiger partial charge in [-0.05, 0) is 31.1 Å². The molecule has 3 N–H and O–H groups in total. The molecule has 0 bridgehead atoms. The molecular formula is C15H17N5O3. The van der Waals surface area contributed by atoms with Crippen molar-refractivity contribution in [3.05, 3.63) is 12.7 Å². The van der Waals surface area contributed by atoms with E-state index in [0.29, 0.717) is 23.5 Å². The van der Waals surface area contributed by atoms with E-state index in [1.165, 1.54) is 12.7 Å². The number of rotatable bonds is 4. The lowest BCUT2D eigenvalue weighted by Gasteiger charge is -2.33. The third-order valence-corrected chi connectivity index (χ3v) is 5.37. The molecule has 2 heterocycles. The Balaban J connectivity index is 1.61. The number of nitrogen functional groups attached to an aromatic ring is 1. The molecule has 0 aromatic carbocycles. The van der Waals surface area contributed by atoms with Crippen LogP contribution in [0.25, 0.3) is 11.2 Å². The predicted octanol–water partition coefficient (Wildman–Crippen LogP) is 0.724. The largest absolute Gasteiger partial charge is 0.481 e. The molecule has 8 heteroatoms. The molecule has 2 fully saturated rings. The predicted molar refractivity (Wildman–Crippen MR) is 80.2 cm³/mol. The van der Waals surface area contributed by atoms with Crippen molar-refractivity contribution in [2.75, 3.05) is 5.73 Å². The first-order valence-electron chi connectivity index (χ1n) is 7.73. The fraction of sp³-hybridized carbons (Fsp3) is 0.533. The van der Waals surface area contributed by atoms with Crippen LogP contribution in [-0.4, -0.2) is 36.4 Å². The van der Waals surface area contributed by atoms with Crippen LogP contribution in [0.15, 0.2) is 12.7 Å². The highest BCUT2D eigenvalue weighted by Gasteiger charge is 2.53. The van der Waals surface area contributed by atoms with E-state index in [1.54, 1.807) is 4.57 Å².